The molecule has 21 heavy (non-hydrogen) atoms. The Kier molecular flexibility index (Phi) is 5.17. The second-order valence-corrected chi connectivity index (χ2v) is 6.79. The smallest absolute Gasteiger partial charge is 0.194 e. The Morgan fingerprint density at radius 3 is 2.81 bits per heavy atom. The lowest BCUT2D eigenvalue weighted by Crippen LogP contribution is -2.36. The van der Waals surface area contributed by atoms with Crippen molar-refractivity contribution < 1.29 is 8.81 Å². The third-order valence-corrected chi connectivity index (χ3v) is 3.80. The lowest BCUT2D eigenvalue weighted by Gasteiger charge is -2.20. The largest absolute Gasteiger partial charge is 0.441 e. The Morgan fingerprint density at radius 2 is 2.10 bits per heavy atom. The van der Waals surface area contributed by atoms with Crippen LogP contribution < -0.4 is 5.32 Å². The summed E-state index contributed by atoms with van der Waals surface area (Å²) in [5.74, 6) is 0.955. The van der Waals surface area contributed by atoms with Crippen LogP contribution in [0.2, 0.25) is 0 Å². The van der Waals surface area contributed by atoms with Crippen LogP contribution in [-0.4, -0.2) is 17.1 Å². The molecular formula is C16H20BrFN2O. The van der Waals surface area contributed by atoms with E-state index in [4.69, 9.17) is 4.42 Å². The van der Waals surface area contributed by atoms with Crippen molar-refractivity contribution in [1.29, 1.82) is 0 Å². The number of nitrogens with one attached hydrogen (secondary N) is 1. The van der Waals surface area contributed by atoms with Crippen LogP contribution in [0.1, 0.15) is 33.1 Å². The highest BCUT2D eigenvalue weighted by Gasteiger charge is 2.13. The van der Waals surface area contributed by atoms with E-state index in [-0.39, 0.29) is 11.4 Å². The van der Waals surface area contributed by atoms with Crippen molar-refractivity contribution in [3.8, 4) is 11.3 Å². The van der Waals surface area contributed by atoms with Crippen molar-refractivity contribution in [1.82, 2.24) is 10.3 Å². The van der Waals surface area contributed by atoms with Gasteiger partial charge >= 0.3 is 0 Å². The zero-order chi connectivity index (χ0) is 15.5. The highest BCUT2D eigenvalue weighted by molar-refractivity contribution is 9.10. The molecule has 2 aromatic rings. The zero-order valence-corrected chi connectivity index (χ0v) is 14.1. The first kappa shape index (κ1) is 16.2. The average molecular weight is 355 g/mol. The molecule has 0 saturated carbocycles. The van der Waals surface area contributed by atoms with Gasteiger partial charge in [-0.25, -0.2) is 9.37 Å². The first-order valence-electron chi connectivity index (χ1n) is 7.01. The summed E-state index contributed by atoms with van der Waals surface area (Å²) >= 11 is 3.24. The number of hydrogen-bond acceptors (Lipinski definition) is 3. The fourth-order valence-corrected chi connectivity index (χ4v) is 2.41. The summed E-state index contributed by atoms with van der Waals surface area (Å²) in [6, 6.07) is 4.87. The summed E-state index contributed by atoms with van der Waals surface area (Å²) in [7, 11) is 0. The zero-order valence-electron chi connectivity index (χ0n) is 12.5. The molecule has 1 aromatic heterocycles. The summed E-state index contributed by atoms with van der Waals surface area (Å²) in [5, 5.41) is 3.42. The minimum absolute atomic E-state index is 0.119. The normalized spacial score (nSPS) is 11.9. The van der Waals surface area contributed by atoms with Crippen molar-refractivity contribution in [3.63, 3.8) is 0 Å². The molecule has 114 valence electrons. The SMILES string of the molecule is CC(C)(C)NCCCc1ncc(-c2cccc(F)c2Br)o1. The van der Waals surface area contributed by atoms with E-state index >= 15 is 0 Å². The van der Waals surface area contributed by atoms with Crippen LogP contribution in [0.4, 0.5) is 4.39 Å². The fraction of sp³-hybridized carbons (Fsp3) is 0.438. The van der Waals surface area contributed by atoms with Gasteiger partial charge in [0.15, 0.2) is 11.7 Å². The Hall–Kier alpha value is -1.20. The second-order valence-electron chi connectivity index (χ2n) is 6.00. The molecule has 3 nitrogen and oxygen atoms in total. The van der Waals surface area contributed by atoms with Gasteiger partial charge in [0.2, 0.25) is 0 Å². The predicted molar refractivity (Wildman–Crippen MR) is 85.7 cm³/mol. The van der Waals surface area contributed by atoms with Crippen molar-refractivity contribution in [2.45, 2.75) is 39.2 Å². The average Bonchev–Trinajstić information content (AvgIpc) is 2.85. The van der Waals surface area contributed by atoms with Gasteiger partial charge in [-0.3, -0.25) is 0 Å². The van der Waals surface area contributed by atoms with E-state index in [1.807, 2.05) is 0 Å². The van der Waals surface area contributed by atoms with Gasteiger partial charge in [0.1, 0.15) is 5.82 Å². The molecule has 1 aromatic carbocycles. The Morgan fingerprint density at radius 1 is 1.33 bits per heavy atom. The van der Waals surface area contributed by atoms with E-state index < -0.39 is 0 Å². The maximum Gasteiger partial charge on any atom is 0.194 e. The van der Waals surface area contributed by atoms with Crippen LogP contribution in [0.15, 0.2) is 33.3 Å². The van der Waals surface area contributed by atoms with Gasteiger partial charge in [0, 0.05) is 17.5 Å². The van der Waals surface area contributed by atoms with E-state index in [0.717, 1.165) is 19.4 Å². The molecule has 1 heterocycles. The summed E-state index contributed by atoms with van der Waals surface area (Å²) in [6.07, 6.45) is 3.35. The highest BCUT2D eigenvalue weighted by atomic mass is 79.9. The van der Waals surface area contributed by atoms with Gasteiger partial charge in [0.25, 0.3) is 0 Å². The maximum absolute atomic E-state index is 13.5. The van der Waals surface area contributed by atoms with Gasteiger partial charge in [-0.2, -0.15) is 0 Å². The first-order valence-corrected chi connectivity index (χ1v) is 7.80. The van der Waals surface area contributed by atoms with Crippen LogP contribution >= 0.6 is 15.9 Å². The molecule has 0 unspecified atom stereocenters. The quantitative estimate of drug-likeness (QED) is 0.799. The number of oxazole rings is 1. The Labute approximate surface area is 133 Å². The Bertz CT molecular complexity index is 605. The molecule has 0 aliphatic heterocycles. The highest BCUT2D eigenvalue weighted by Crippen LogP contribution is 2.30. The van der Waals surface area contributed by atoms with E-state index in [1.165, 1.54) is 6.07 Å². The number of aromatic nitrogens is 1. The van der Waals surface area contributed by atoms with Crippen molar-refractivity contribution in [3.05, 3.63) is 40.6 Å². The van der Waals surface area contributed by atoms with Crippen molar-refractivity contribution in [2.75, 3.05) is 6.54 Å². The number of rotatable bonds is 5. The van der Waals surface area contributed by atoms with Crippen LogP contribution in [-0.2, 0) is 6.42 Å². The summed E-state index contributed by atoms with van der Waals surface area (Å²) in [5.41, 5.74) is 0.801. The summed E-state index contributed by atoms with van der Waals surface area (Å²) < 4.78 is 19.6. The molecule has 0 saturated heterocycles. The molecule has 0 radical (unpaired) electrons. The van der Waals surface area contributed by atoms with Gasteiger partial charge in [-0.15, -0.1) is 0 Å². The van der Waals surface area contributed by atoms with Gasteiger partial charge in [-0.05, 0) is 61.8 Å². The molecule has 0 amide bonds. The minimum atomic E-state index is -0.306. The third-order valence-electron chi connectivity index (χ3n) is 2.99. The summed E-state index contributed by atoms with van der Waals surface area (Å²) in [4.78, 5) is 4.26. The van der Waals surface area contributed by atoms with E-state index in [0.29, 0.717) is 21.7 Å². The first-order chi connectivity index (χ1) is 9.87. The monoisotopic (exact) mass is 354 g/mol. The molecule has 2 rings (SSSR count). The molecular weight excluding hydrogens is 335 g/mol. The molecule has 0 atom stereocenters. The number of hydrogen-bond donors (Lipinski definition) is 1. The van der Waals surface area contributed by atoms with Crippen molar-refractivity contribution in [2.24, 2.45) is 0 Å². The molecule has 1 N–H and O–H groups in total. The molecule has 5 heteroatoms. The molecule has 0 spiro atoms. The van der Waals surface area contributed by atoms with E-state index in [9.17, 15) is 4.39 Å². The van der Waals surface area contributed by atoms with Crippen LogP contribution in [0.3, 0.4) is 0 Å². The van der Waals surface area contributed by atoms with E-state index in [2.05, 4.69) is 47.0 Å². The van der Waals surface area contributed by atoms with Gasteiger partial charge in [-0.1, -0.05) is 6.07 Å². The van der Waals surface area contributed by atoms with E-state index in [1.54, 1.807) is 18.3 Å². The number of nitrogens with zero attached hydrogens (tertiary/aromatic N) is 1. The van der Waals surface area contributed by atoms with Crippen LogP contribution in [0.25, 0.3) is 11.3 Å². The lowest BCUT2D eigenvalue weighted by atomic mass is 10.1. The van der Waals surface area contributed by atoms with Gasteiger partial charge in [0.05, 0.1) is 10.7 Å². The lowest BCUT2D eigenvalue weighted by molar-refractivity contribution is 0.412. The summed E-state index contributed by atoms with van der Waals surface area (Å²) in [6.45, 7) is 7.32. The molecule has 0 fully saturated rings. The fourth-order valence-electron chi connectivity index (χ4n) is 1.95. The van der Waals surface area contributed by atoms with Gasteiger partial charge < -0.3 is 9.73 Å². The minimum Gasteiger partial charge on any atom is -0.441 e. The van der Waals surface area contributed by atoms with Crippen LogP contribution in [0.5, 0.6) is 0 Å². The van der Waals surface area contributed by atoms with Crippen molar-refractivity contribution >= 4 is 15.9 Å². The predicted octanol–water partition coefficient (Wildman–Crippen LogP) is 4.56. The standard InChI is InChI=1S/C16H20BrFN2O/c1-16(2,3)20-9-5-8-14-19-10-13(21-14)11-6-4-7-12(18)15(11)17/h4,6-7,10,20H,5,8-9H2,1-3H3. The molecule has 0 bridgehead atoms. The Balaban J connectivity index is 1.97. The molecule has 0 aliphatic carbocycles. The third kappa shape index (κ3) is 4.64. The topological polar surface area (TPSA) is 38.1 Å². The molecule has 0 aliphatic rings. The number of halogens is 2. The van der Waals surface area contributed by atoms with Crippen LogP contribution in [0, 0.1) is 5.82 Å². The maximum atomic E-state index is 13.5. The second kappa shape index (κ2) is 6.71. The number of aryl methyl sites for hydroxylation is 1. The number of benzene rings is 1.